The molecule has 0 saturated heterocycles. The van der Waals surface area contributed by atoms with E-state index >= 15 is 0 Å². The first-order valence-electron chi connectivity index (χ1n) is 26.1. The average Bonchev–Trinajstić information content (AvgIpc) is 3.27. The summed E-state index contributed by atoms with van der Waals surface area (Å²) >= 11 is 0. The molecule has 0 N–H and O–H groups in total. The number of hydrogen-bond acceptors (Lipinski definition) is 5. The van der Waals surface area contributed by atoms with Crippen molar-refractivity contribution in [3.05, 3.63) is 85.1 Å². The van der Waals surface area contributed by atoms with Crippen LogP contribution in [0.1, 0.15) is 239 Å². The average molecular weight is 863 g/mol. The summed E-state index contributed by atoms with van der Waals surface area (Å²) in [5.41, 5.74) is 0. The Morgan fingerprint density at radius 2 is 0.726 bits per heavy atom. The van der Waals surface area contributed by atoms with Gasteiger partial charge < -0.3 is 14.2 Å². The Balaban J connectivity index is 4.26. The third kappa shape index (κ3) is 49.7. The zero-order chi connectivity index (χ0) is 44.9. The molecule has 1 atom stereocenters. The first-order valence-corrected chi connectivity index (χ1v) is 26.1. The minimum Gasteiger partial charge on any atom is -0.462 e. The minimum atomic E-state index is -0.561. The van der Waals surface area contributed by atoms with Crippen LogP contribution in [0.15, 0.2) is 85.1 Å². The Bertz CT molecular complexity index is 1160. The number of carbonyl (C=O) groups excluding carboxylic acids is 2. The van der Waals surface area contributed by atoms with E-state index in [4.69, 9.17) is 14.2 Å². The number of hydrogen-bond donors (Lipinski definition) is 0. The van der Waals surface area contributed by atoms with E-state index < -0.39 is 6.10 Å². The van der Waals surface area contributed by atoms with Crippen molar-refractivity contribution in [3.8, 4) is 0 Å². The molecule has 0 amide bonds. The van der Waals surface area contributed by atoms with Gasteiger partial charge in [0.2, 0.25) is 0 Å². The normalized spacial score (nSPS) is 12.9. The Morgan fingerprint density at radius 1 is 0.371 bits per heavy atom. The molecule has 62 heavy (non-hydrogen) atoms. The number of ether oxygens (including phenoxy) is 3. The highest BCUT2D eigenvalue weighted by molar-refractivity contribution is 5.70. The molecule has 0 aromatic heterocycles. The Kier molecular flexibility index (Phi) is 50.0. The van der Waals surface area contributed by atoms with Crippen LogP contribution in [0.25, 0.3) is 0 Å². The molecule has 0 aromatic carbocycles. The largest absolute Gasteiger partial charge is 0.462 e. The predicted molar refractivity (Wildman–Crippen MR) is 270 cm³/mol. The fourth-order valence-corrected chi connectivity index (χ4v) is 7.04. The van der Waals surface area contributed by atoms with Crippen molar-refractivity contribution >= 4 is 11.9 Å². The maximum Gasteiger partial charge on any atom is 0.306 e. The molecule has 0 aliphatic heterocycles. The standard InChI is InChI=1S/C57H98O5/c1-4-7-10-13-16-19-21-23-25-27-29-30-32-34-36-39-41-44-47-50-56(58)61-54-55(62-57(59)51-48-45-42-38-18-15-12-9-6-3)53-60-52-49-46-43-40-37-35-33-31-28-26-24-22-20-17-14-11-8-5-2/h8,11,16-17,19-20,23-26,31,33,37,40,55H,4-7,9-10,12-15,18,21-22,27-30,32,34-36,38-39,41-54H2,1-3H3/b11-8-,19-16-,20-17-,25-23-,26-24-,33-31-,40-37-. The molecule has 0 heterocycles. The van der Waals surface area contributed by atoms with Gasteiger partial charge in [0.1, 0.15) is 6.61 Å². The second-order valence-electron chi connectivity index (χ2n) is 17.0. The summed E-state index contributed by atoms with van der Waals surface area (Å²) in [6.45, 7) is 7.58. The molecule has 0 bridgehead atoms. The van der Waals surface area contributed by atoms with Crippen LogP contribution < -0.4 is 0 Å². The highest BCUT2D eigenvalue weighted by atomic mass is 16.6. The third-order valence-electron chi connectivity index (χ3n) is 10.9. The van der Waals surface area contributed by atoms with Gasteiger partial charge in [0.15, 0.2) is 6.10 Å². The molecule has 5 nitrogen and oxygen atoms in total. The SMILES string of the molecule is CC/C=C\C/C=C\C/C=C\C/C=C\C/C=C\CCCCOCC(COC(=O)CCCCCCCCCCC/C=C\C/C=C\CCCCC)OC(=O)CCCCCCCCCCC. The van der Waals surface area contributed by atoms with Crippen LogP contribution in [0.5, 0.6) is 0 Å². The molecule has 0 saturated carbocycles. The molecule has 5 heteroatoms. The molecular formula is C57H98O5. The molecule has 0 fully saturated rings. The van der Waals surface area contributed by atoms with E-state index in [0.29, 0.717) is 19.4 Å². The Morgan fingerprint density at radius 3 is 1.19 bits per heavy atom. The van der Waals surface area contributed by atoms with Crippen molar-refractivity contribution in [1.82, 2.24) is 0 Å². The van der Waals surface area contributed by atoms with E-state index in [-0.39, 0.29) is 25.2 Å². The number of unbranched alkanes of at least 4 members (excludes halogenated alkanes) is 22. The van der Waals surface area contributed by atoms with Crippen molar-refractivity contribution in [2.75, 3.05) is 19.8 Å². The lowest BCUT2D eigenvalue weighted by atomic mass is 10.1. The summed E-state index contributed by atoms with van der Waals surface area (Å²) in [5.74, 6) is -0.427. The van der Waals surface area contributed by atoms with Gasteiger partial charge >= 0.3 is 11.9 Å². The monoisotopic (exact) mass is 863 g/mol. The van der Waals surface area contributed by atoms with E-state index in [1.165, 1.54) is 116 Å². The van der Waals surface area contributed by atoms with E-state index in [1.807, 2.05) is 0 Å². The first kappa shape index (κ1) is 59.1. The summed E-state index contributed by atoms with van der Waals surface area (Å²) in [6, 6.07) is 0. The van der Waals surface area contributed by atoms with Crippen molar-refractivity contribution in [2.45, 2.75) is 245 Å². The van der Waals surface area contributed by atoms with Gasteiger partial charge in [0.25, 0.3) is 0 Å². The van der Waals surface area contributed by atoms with E-state index in [2.05, 4.69) is 106 Å². The third-order valence-corrected chi connectivity index (χ3v) is 10.9. The molecule has 0 spiro atoms. The van der Waals surface area contributed by atoms with Gasteiger partial charge in [-0.3, -0.25) is 9.59 Å². The summed E-state index contributed by atoms with van der Waals surface area (Å²) < 4.78 is 17.3. The van der Waals surface area contributed by atoms with Gasteiger partial charge in [-0.1, -0.05) is 215 Å². The van der Waals surface area contributed by atoms with Crippen molar-refractivity contribution in [2.24, 2.45) is 0 Å². The predicted octanol–water partition coefficient (Wildman–Crippen LogP) is 17.7. The molecule has 0 aromatic rings. The van der Waals surface area contributed by atoms with E-state index in [9.17, 15) is 9.59 Å². The number of allylic oxidation sites excluding steroid dienone is 14. The lowest BCUT2D eigenvalue weighted by Gasteiger charge is -2.18. The zero-order valence-corrected chi connectivity index (χ0v) is 40.9. The summed E-state index contributed by atoms with van der Waals surface area (Å²) in [7, 11) is 0. The maximum absolute atomic E-state index is 12.7. The van der Waals surface area contributed by atoms with Crippen LogP contribution >= 0.6 is 0 Å². The van der Waals surface area contributed by atoms with Gasteiger partial charge in [0, 0.05) is 19.4 Å². The molecule has 356 valence electrons. The van der Waals surface area contributed by atoms with Crippen LogP contribution in [0.2, 0.25) is 0 Å². The van der Waals surface area contributed by atoms with Crippen LogP contribution in [0.4, 0.5) is 0 Å². The van der Waals surface area contributed by atoms with Crippen molar-refractivity contribution in [3.63, 3.8) is 0 Å². The smallest absolute Gasteiger partial charge is 0.306 e. The Hall–Kier alpha value is -2.92. The lowest BCUT2D eigenvalue weighted by molar-refractivity contribution is -0.163. The van der Waals surface area contributed by atoms with Crippen LogP contribution in [0.3, 0.4) is 0 Å². The quantitative estimate of drug-likeness (QED) is 0.0346. The van der Waals surface area contributed by atoms with Gasteiger partial charge in [-0.15, -0.1) is 0 Å². The number of carbonyl (C=O) groups is 2. The fraction of sp³-hybridized carbons (Fsp3) is 0.719. The zero-order valence-electron chi connectivity index (χ0n) is 40.9. The molecule has 0 radical (unpaired) electrons. The summed E-state index contributed by atoms with van der Waals surface area (Å²) in [5, 5.41) is 0. The van der Waals surface area contributed by atoms with Gasteiger partial charge in [-0.05, 0) is 96.3 Å². The highest BCUT2D eigenvalue weighted by Gasteiger charge is 2.17. The molecule has 0 aliphatic rings. The lowest BCUT2D eigenvalue weighted by Crippen LogP contribution is -2.30. The minimum absolute atomic E-state index is 0.0638. The topological polar surface area (TPSA) is 61.8 Å². The van der Waals surface area contributed by atoms with Crippen LogP contribution in [-0.2, 0) is 23.8 Å². The Labute approximate surface area is 384 Å². The van der Waals surface area contributed by atoms with Crippen LogP contribution in [-0.4, -0.2) is 37.9 Å². The van der Waals surface area contributed by atoms with Crippen LogP contribution in [0, 0.1) is 0 Å². The molecular weight excluding hydrogens is 765 g/mol. The number of rotatable bonds is 47. The first-order chi connectivity index (χ1) is 30.6. The maximum atomic E-state index is 12.7. The highest BCUT2D eigenvalue weighted by Crippen LogP contribution is 2.14. The van der Waals surface area contributed by atoms with Crippen molar-refractivity contribution in [1.29, 1.82) is 0 Å². The summed E-state index contributed by atoms with van der Waals surface area (Å²) in [4.78, 5) is 25.3. The molecule has 0 rings (SSSR count). The van der Waals surface area contributed by atoms with Crippen molar-refractivity contribution < 1.29 is 23.8 Å². The van der Waals surface area contributed by atoms with Gasteiger partial charge in [0.05, 0.1) is 6.61 Å². The summed E-state index contributed by atoms with van der Waals surface area (Å²) in [6.07, 6.45) is 68.9. The van der Waals surface area contributed by atoms with Gasteiger partial charge in [-0.25, -0.2) is 0 Å². The number of esters is 2. The second kappa shape index (κ2) is 52.4. The van der Waals surface area contributed by atoms with E-state index in [0.717, 1.165) is 89.9 Å². The fourth-order valence-electron chi connectivity index (χ4n) is 7.04. The van der Waals surface area contributed by atoms with E-state index in [1.54, 1.807) is 0 Å². The van der Waals surface area contributed by atoms with Gasteiger partial charge in [-0.2, -0.15) is 0 Å². The second-order valence-corrected chi connectivity index (χ2v) is 17.0. The molecule has 1 unspecified atom stereocenters. The molecule has 0 aliphatic carbocycles.